The first kappa shape index (κ1) is 24.6. The highest BCUT2D eigenvalue weighted by molar-refractivity contribution is 6.00. The maximum atomic E-state index is 15.1. The number of hydrogen-bond acceptors (Lipinski definition) is 4. The van der Waals surface area contributed by atoms with Gasteiger partial charge in [-0.1, -0.05) is 53.7 Å². The quantitative estimate of drug-likeness (QED) is 0.203. The highest BCUT2D eigenvalue weighted by Gasteiger charge is 2.22. The summed E-state index contributed by atoms with van der Waals surface area (Å²) in [4.78, 5) is 22.9. The second-order valence-electron chi connectivity index (χ2n) is 8.70. The van der Waals surface area contributed by atoms with Crippen molar-refractivity contribution in [2.45, 2.75) is 19.3 Å². The summed E-state index contributed by atoms with van der Waals surface area (Å²) >= 11 is 0. The summed E-state index contributed by atoms with van der Waals surface area (Å²) in [5.74, 6) is -1.80. The largest absolute Gasteiger partial charge is 0.478 e. The van der Waals surface area contributed by atoms with E-state index in [9.17, 15) is 14.8 Å². The molecule has 1 heterocycles. The number of aromatic carboxylic acids is 1. The predicted octanol–water partition coefficient (Wildman–Crippen LogP) is 5.60. The summed E-state index contributed by atoms with van der Waals surface area (Å²) in [5, 5.41) is 22.4. The van der Waals surface area contributed by atoms with Gasteiger partial charge in [0.05, 0.1) is 11.3 Å². The van der Waals surface area contributed by atoms with Crippen LogP contribution in [0.15, 0.2) is 95.0 Å². The smallest absolute Gasteiger partial charge is 0.335 e. The van der Waals surface area contributed by atoms with Crippen LogP contribution in [0.1, 0.15) is 45.0 Å². The van der Waals surface area contributed by atoms with Crippen LogP contribution < -0.4 is 5.56 Å². The van der Waals surface area contributed by atoms with Crippen LogP contribution in [-0.2, 0) is 7.05 Å². The van der Waals surface area contributed by atoms with Gasteiger partial charge in [0.25, 0.3) is 0 Å². The van der Waals surface area contributed by atoms with Gasteiger partial charge in [0.1, 0.15) is 5.82 Å². The van der Waals surface area contributed by atoms with Gasteiger partial charge in [-0.2, -0.15) is 0 Å². The second-order valence-corrected chi connectivity index (χ2v) is 8.70. The average Bonchev–Trinajstić information content (AvgIpc) is 2.87. The summed E-state index contributed by atoms with van der Waals surface area (Å²) in [6.07, 6.45) is 1.78. The molecule has 0 aliphatic rings. The van der Waals surface area contributed by atoms with Gasteiger partial charge in [0.15, 0.2) is 0 Å². The zero-order valence-electron chi connectivity index (χ0n) is 19.9. The number of halogens is 1. The Bertz CT molecular complexity index is 1490. The van der Waals surface area contributed by atoms with E-state index in [1.807, 2.05) is 37.3 Å². The molecule has 7 heteroatoms. The van der Waals surface area contributed by atoms with Crippen LogP contribution in [0.5, 0.6) is 0 Å². The van der Waals surface area contributed by atoms with E-state index < -0.39 is 11.9 Å². The molecule has 0 aliphatic carbocycles. The molecule has 3 aromatic carbocycles. The van der Waals surface area contributed by atoms with Crippen molar-refractivity contribution in [2.75, 3.05) is 0 Å². The molecule has 6 nitrogen and oxygen atoms in total. The first-order valence-corrected chi connectivity index (χ1v) is 11.3. The van der Waals surface area contributed by atoms with Gasteiger partial charge in [-0.05, 0) is 59.0 Å². The summed E-state index contributed by atoms with van der Waals surface area (Å²) in [5.41, 5.74) is 4.71. The first-order chi connectivity index (χ1) is 17.3. The minimum Gasteiger partial charge on any atom is -0.478 e. The number of hydrogen-bond donors (Lipinski definition) is 2. The van der Waals surface area contributed by atoms with Crippen molar-refractivity contribution < 1.29 is 19.5 Å². The minimum absolute atomic E-state index is 0.191. The average molecular weight is 485 g/mol. The third-order valence-corrected chi connectivity index (χ3v) is 6.25. The Balaban J connectivity index is 1.72. The molecule has 0 fully saturated rings. The van der Waals surface area contributed by atoms with Crippen LogP contribution in [0.3, 0.4) is 0 Å². The number of pyridine rings is 1. The Morgan fingerprint density at radius 1 is 0.944 bits per heavy atom. The highest BCUT2D eigenvalue weighted by atomic mass is 19.1. The lowest BCUT2D eigenvalue weighted by Gasteiger charge is -2.20. The van der Waals surface area contributed by atoms with Gasteiger partial charge in [-0.25, -0.2) is 9.18 Å². The second kappa shape index (κ2) is 10.4. The van der Waals surface area contributed by atoms with E-state index in [0.29, 0.717) is 16.8 Å². The number of carbonyl (C=O) groups is 1. The number of carboxylic acids is 1. The number of carboxylic acid groups (broad SMARTS) is 1. The standard InChI is InChI=1S/C29H25FN2O4/c1-18-3-13-24(26(30)15-18)25(16-27(31-36)23-12-14-28(33)32(2)17-23)21-8-4-19(5-9-21)20-6-10-22(11-7-20)29(34)35/h3-15,17,25,36H,16H2,1-2H3,(H,34,35)/b31-27-. The van der Waals surface area contributed by atoms with Gasteiger partial charge >= 0.3 is 5.97 Å². The molecular formula is C29H25FN2O4. The zero-order valence-corrected chi connectivity index (χ0v) is 19.9. The van der Waals surface area contributed by atoms with E-state index in [2.05, 4.69) is 5.16 Å². The highest BCUT2D eigenvalue weighted by Crippen LogP contribution is 2.33. The fourth-order valence-electron chi connectivity index (χ4n) is 4.21. The summed E-state index contributed by atoms with van der Waals surface area (Å²) in [7, 11) is 1.61. The van der Waals surface area contributed by atoms with Gasteiger partial charge in [0, 0.05) is 37.2 Å². The minimum atomic E-state index is -0.986. The number of aromatic nitrogens is 1. The van der Waals surface area contributed by atoms with Crippen molar-refractivity contribution in [3.05, 3.63) is 129 Å². The van der Waals surface area contributed by atoms with Crippen molar-refractivity contribution in [1.29, 1.82) is 0 Å². The Morgan fingerprint density at radius 3 is 2.11 bits per heavy atom. The molecule has 2 N–H and O–H groups in total. The molecule has 0 amide bonds. The number of rotatable bonds is 7. The number of oxime groups is 1. The molecule has 0 spiro atoms. The normalized spacial score (nSPS) is 12.4. The maximum Gasteiger partial charge on any atom is 0.335 e. The summed E-state index contributed by atoms with van der Waals surface area (Å²) < 4.78 is 16.5. The van der Waals surface area contributed by atoms with E-state index in [-0.39, 0.29) is 23.4 Å². The van der Waals surface area contributed by atoms with E-state index in [4.69, 9.17) is 5.11 Å². The lowest BCUT2D eigenvalue weighted by atomic mass is 9.84. The monoisotopic (exact) mass is 484 g/mol. The molecule has 1 atom stereocenters. The fourth-order valence-corrected chi connectivity index (χ4v) is 4.21. The van der Waals surface area contributed by atoms with Crippen LogP contribution in [0, 0.1) is 12.7 Å². The van der Waals surface area contributed by atoms with Crippen LogP contribution in [-0.4, -0.2) is 26.6 Å². The van der Waals surface area contributed by atoms with Crippen molar-refractivity contribution in [3.63, 3.8) is 0 Å². The summed E-state index contributed by atoms with van der Waals surface area (Å²) in [6, 6.07) is 22.2. The topological polar surface area (TPSA) is 91.9 Å². The number of nitrogens with zero attached hydrogens (tertiary/aromatic N) is 2. The van der Waals surface area contributed by atoms with E-state index in [0.717, 1.165) is 22.3 Å². The maximum absolute atomic E-state index is 15.1. The molecule has 0 radical (unpaired) electrons. The first-order valence-electron chi connectivity index (χ1n) is 11.3. The molecule has 0 saturated carbocycles. The number of benzene rings is 3. The molecule has 1 unspecified atom stereocenters. The molecule has 0 saturated heterocycles. The van der Waals surface area contributed by atoms with E-state index in [1.54, 1.807) is 49.6 Å². The van der Waals surface area contributed by atoms with E-state index in [1.165, 1.54) is 16.7 Å². The SMILES string of the molecule is Cc1ccc(C(C/C(=N/O)c2ccc(=O)n(C)c2)c2ccc(-c3ccc(C(=O)O)cc3)cc2)c(F)c1. The van der Waals surface area contributed by atoms with Crippen molar-refractivity contribution in [3.8, 4) is 11.1 Å². The molecule has 182 valence electrons. The Hall–Kier alpha value is -4.52. The van der Waals surface area contributed by atoms with Gasteiger partial charge in [0.2, 0.25) is 5.56 Å². The fraction of sp³-hybridized carbons (Fsp3) is 0.138. The molecule has 4 rings (SSSR count). The molecule has 0 bridgehead atoms. The van der Waals surface area contributed by atoms with E-state index >= 15 is 4.39 Å². The summed E-state index contributed by atoms with van der Waals surface area (Å²) in [6.45, 7) is 1.82. The Kier molecular flexibility index (Phi) is 7.10. The van der Waals surface area contributed by atoms with Gasteiger partial charge in [-0.3, -0.25) is 4.79 Å². The van der Waals surface area contributed by atoms with Crippen LogP contribution in [0.2, 0.25) is 0 Å². The molecular weight excluding hydrogens is 459 g/mol. The Morgan fingerprint density at radius 2 is 1.56 bits per heavy atom. The lowest BCUT2D eigenvalue weighted by molar-refractivity contribution is 0.0697. The van der Waals surface area contributed by atoms with Crippen molar-refractivity contribution in [2.24, 2.45) is 12.2 Å². The molecule has 0 aliphatic heterocycles. The third-order valence-electron chi connectivity index (χ3n) is 6.25. The van der Waals surface area contributed by atoms with Crippen molar-refractivity contribution in [1.82, 2.24) is 4.57 Å². The zero-order chi connectivity index (χ0) is 25.8. The Labute approximate surface area is 207 Å². The molecule has 4 aromatic rings. The lowest BCUT2D eigenvalue weighted by Crippen LogP contribution is -2.18. The number of aryl methyl sites for hydroxylation is 2. The van der Waals surface area contributed by atoms with Gasteiger partial charge in [-0.15, -0.1) is 0 Å². The predicted molar refractivity (Wildman–Crippen MR) is 136 cm³/mol. The van der Waals surface area contributed by atoms with Crippen LogP contribution >= 0.6 is 0 Å². The third kappa shape index (κ3) is 5.25. The van der Waals surface area contributed by atoms with Gasteiger partial charge < -0.3 is 14.9 Å². The van der Waals surface area contributed by atoms with Crippen LogP contribution in [0.25, 0.3) is 11.1 Å². The van der Waals surface area contributed by atoms with Crippen molar-refractivity contribution >= 4 is 11.7 Å². The van der Waals surface area contributed by atoms with Crippen LogP contribution in [0.4, 0.5) is 4.39 Å². The molecule has 1 aromatic heterocycles. The molecule has 36 heavy (non-hydrogen) atoms.